The van der Waals surface area contributed by atoms with Crippen LogP contribution in [0.4, 0.5) is 0 Å². The van der Waals surface area contributed by atoms with E-state index in [1.54, 1.807) is 0 Å². The monoisotopic (exact) mass is 407 g/mol. The molecule has 0 saturated heterocycles. The molecule has 0 fully saturated rings. The Labute approximate surface area is 140 Å². The van der Waals surface area contributed by atoms with Crippen LogP contribution in [-0.2, 0) is 6.42 Å². The zero-order chi connectivity index (χ0) is 14.8. The van der Waals surface area contributed by atoms with E-state index in [9.17, 15) is 0 Å². The number of benzene rings is 2. The molecular formula is C17H15Br2NO. The van der Waals surface area contributed by atoms with Gasteiger partial charge in [0.1, 0.15) is 11.3 Å². The predicted octanol–water partition coefficient (Wildman–Crippen LogP) is 5.46. The summed E-state index contributed by atoms with van der Waals surface area (Å²) in [6.45, 7) is 0. The number of furan rings is 1. The minimum atomic E-state index is 0.158. The van der Waals surface area contributed by atoms with Crippen LogP contribution in [-0.4, -0.2) is 7.05 Å². The maximum Gasteiger partial charge on any atom is 0.148 e. The number of nitrogens with one attached hydrogen (secondary N) is 1. The van der Waals surface area contributed by atoms with Gasteiger partial charge in [-0.05, 0) is 59.2 Å². The van der Waals surface area contributed by atoms with Gasteiger partial charge in [0.2, 0.25) is 0 Å². The molecule has 3 rings (SSSR count). The van der Waals surface area contributed by atoms with Gasteiger partial charge in [-0.1, -0.05) is 40.2 Å². The molecule has 0 radical (unpaired) electrons. The van der Waals surface area contributed by atoms with Crippen LogP contribution in [0.5, 0.6) is 0 Å². The summed E-state index contributed by atoms with van der Waals surface area (Å²) >= 11 is 7.00. The number of para-hydroxylation sites is 1. The van der Waals surface area contributed by atoms with Gasteiger partial charge < -0.3 is 9.73 Å². The Balaban J connectivity index is 1.90. The fourth-order valence-corrected chi connectivity index (χ4v) is 3.15. The summed E-state index contributed by atoms with van der Waals surface area (Å²) in [7, 11) is 1.96. The number of likely N-dealkylation sites (N-methyl/N-ethyl adjacent to an activating group) is 1. The Hall–Kier alpha value is -1.10. The minimum Gasteiger partial charge on any atom is -0.458 e. The molecule has 2 aromatic carbocycles. The molecule has 1 N–H and O–H groups in total. The largest absolute Gasteiger partial charge is 0.458 e. The van der Waals surface area contributed by atoms with E-state index in [1.807, 2.05) is 19.2 Å². The molecule has 1 atom stereocenters. The van der Waals surface area contributed by atoms with Crippen molar-refractivity contribution in [2.24, 2.45) is 0 Å². The van der Waals surface area contributed by atoms with Crippen LogP contribution in [0.25, 0.3) is 11.0 Å². The van der Waals surface area contributed by atoms with Crippen molar-refractivity contribution in [1.29, 1.82) is 0 Å². The van der Waals surface area contributed by atoms with Crippen molar-refractivity contribution in [3.8, 4) is 0 Å². The van der Waals surface area contributed by atoms with Gasteiger partial charge in [-0.2, -0.15) is 0 Å². The second-order valence-corrected chi connectivity index (χ2v) is 6.75. The van der Waals surface area contributed by atoms with Crippen molar-refractivity contribution >= 4 is 42.8 Å². The van der Waals surface area contributed by atoms with Crippen LogP contribution in [0.15, 0.2) is 61.9 Å². The van der Waals surface area contributed by atoms with Crippen LogP contribution in [0, 0.1) is 0 Å². The summed E-state index contributed by atoms with van der Waals surface area (Å²) in [6.07, 6.45) is 0.890. The third kappa shape index (κ3) is 3.23. The lowest BCUT2D eigenvalue weighted by atomic mass is 10.0. The highest BCUT2D eigenvalue weighted by atomic mass is 79.9. The second-order valence-electron chi connectivity index (χ2n) is 4.98. The molecule has 4 heteroatoms. The third-order valence-corrected chi connectivity index (χ3v) is 4.71. The first-order valence-corrected chi connectivity index (χ1v) is 8.35. The van der Waals surface area contributed by atoms with Gasteiger partial charge >= 0.3 is 0 Å². The highest BCUT2D eigenvalue weighted by Gasteiger charge is 2.16. The summed E-state index contributed by atoms with van der Waals surface area (Å²) < 4.78 is 8.12. The molecule has 3 aromatic rings. The summed E-state index contributed by atoms with van der Waals surface area (Å²) in [5.41, 5.74) is 2.18. The van der Waals surface area contributed by atoms with E-state index >= 15 is 0 Å². The lowest BCUT2D eigenvalue weighted by molar-refractivity contribution is 0.450. The van der Waals surface area contributed by atoms with Gasteiger partial charge in [-0.3, -0.25) is 0 Å². The molecular weight excluding hydrogens is 394 g/mol. The standard InChI is InChI=1S/C17H15Br2NO/c1-20-15(9-11-5-7-13(18)8-6-11)16-10-12-3-2-4-14(19)17(12)21-16/h2-8,10,15,20H,9H2,1H3. The summed E-state index contributed by atoms with van der Waals surface area (Å²) in [6, 6.07) is 16.8. The normalized spacial score (nSPS) is 12.7. The first kappa shape index (κ1) is 14.8. The van der Waals surface area contributed by atoms with E-state index in [0.29, 0.717) is 0 Å². The van der Waals surface area contributed by atoms with Crippen molar-refractivity contribution < 1.29 is 4.42 Å². The molecule has 1 unspecified atom stereocenters. The summed E-state index contributed by atoms with van der Waals surface area (Å²) in [4.78, 5) is 0. The summed E-state index contributed by atoms with van der Waals surface area (Å²) in [5.74, 6) is 0.960. The molecule has 0 aliphatic rings. The van der Waals surface area contributed by atoms with Crippen molar-refractivity contribution in [2.75, 3.05) is 7.05 Å². The van der Waals surface area contributed by atoms with Gasteiger partial charge in [0.15, 0.2) is 0 Å². The molecule has 0 aliphatic heterocycles. The Bertz CT molecular complexity index is 749. The fourth-order valence-electron chi connectivity index (χ4n) is 2.42. The average molecular weight is 409 g/mol. The molecule has 0 saturated carbocycles. The number of fused-ring (bicyclic) bond motifs is 1. The van der Waals surface area contributed by atoms with E-state index in [2.05, 4.69) is 73.6 Å². The second kappa shape index (κ2) is 6.34. The Morgan fingerprint density at radius 3 is 2.52 bits per heavy atom. The van der Waals surface area contributed by atoms with Gasteiger partial charge in [-0.25, -0.2) is 0 Å². The molecule has 2 nitrogen and oxygen atoms in total. The van der Waals surface area contributed by atoms with Crippen LogP contribution in [0.1, 0.15) is 17.4 Å². The highest BCUT2D eigenvalue weighted by molar-refractivity contribution is 9.11. The average Bonchev–Trinajstić information content (AvgIpc) is 2.92. The molecule has 1 aromatic heterocycles. The van der Waals surface area contributed by atoms with Crippen molar-refractivity contribution in [3.05, 3.63) is 68.8 Å². The fraction of sp³-hybridized carbons (Fsp3) is 0.176. The van der Waals surface area contributed by atoms with Crippen LogP contribution < -0.4 is 5.32 Å². The quantitative estimate of drug-likeness (QED) is 0.619. The molecule has 108 valence electrons. The van der Waals surface area contributed by atoms with Crippen molar-refractivity contribution in [3.63, 3.8) is 0 Å². The van der Waals surface area contributed by atoms with E-state index < -0.39 is 0 Å². The molecule has 0 aliphatic carbocycles. The van der Waals surface area contributed by atoms with Crippen molar-refractivity contribution in [1.82, 2.24) is 5.32 Å². The lowest BCUT2D eigenvalue weighted by Gasteiger charge is -2.13. The highest BCUT2D eigenvalue weighted by Crippen LogP contribution is 2.30. The molecule has 0 spiro atoms. The first-order chi connectivity index (χ1) is 10.2. The minimum absolute atomic E-state index is 0.158. The predicted molar refractivity (Wildman–Crippen MR) is 93.6 cm³/mol. The number of rotatable bonds is 4. The lowest BCUT2D eigenvalue weighted by Crippen LogP contribution is -2.18. The maximum atomic E-state index is 6.03. The van der Waals surface area contributed by atoms with E-state index in [1.165, 1.54) is 5.56 Å². The Morgan fingerprint density at radius 2 is 1.86 bits per heavy atom. The first-order valence-electron chi connectivity index (χ1n) is 6.77. The van der Waals surface area contributed by atoms with Gasteiger partial charge in [-0.15, -0.1) is 0 Å². The smallest absolute Gasteiger partial charge is 0.148 e. The van der Waals surface area contributed by atoms with Gasteiger partial charge in [0, 0.05) is 9.86 Å². The molecule has 21 heavy (non-hydrogen) atoms. The van der Waals surface area contributed by atoms with Crippen LogP contribution >= 0.6 is 31.9 Å². The molecule has 0 bridgehead atoms. The number of hydrogen-bond acceptors (Lipinski definition) is 2. The van der Waals surface area contributed by atoms with Gasteiger partial charge in [0.05, 0.1) is 10.5 Å². The van der Waals surface area contributed by atoms with Crippen molar-refractivity contribution in [2.45, 2.75) is 12.5 Å². The third-order valence-electron chi connectivity index (χ3n) is 3.56. The van der Waals surface area contributed by atoms with Gasteiger partial charge in [0.25, 0.3) is 0 Å². The molecule has 0 amide bonds. The maximum absolute atomic E-state index is 6.03. The Kier molecular flexibility index (Phi) is 4.48. The zero-order valence-corrected chi connectivity index (χ0v) is 14.7. The zero-order valence-electron chi connectivity index (χ0n) is 11.6. The number of hydrogen-bond donors (Lipinski definition) is 1. The summed E-state index contributed by atoms with van der Waals surface area (Å²) in [5, 5.41) is 4.46. The van der Waals surface area contributed by atoms with E-state index in [4.69, 9.17) is 4.42 Å². The molecule has 1 heterocycles. The number of halogens is 2. The van der Waals surface area contributed by atoms with Crippen LogP contribution in [0.3, 0.4) is 0 Å². The Morgan fingerprint density at radius 1 is 1.10 bits per heavy atom. The SMILES string of the molecule is CNC(Cc1ccc(Br)cc1)c1cc2cccc(Br)c2o1. The van der Waals surface area contributed by atoms with E-state index in [-0.39, 0.29) is 6.04 Å². The van der Waals surface area contributed by atoms with E-state index in [0.717, 1.165) is 32.1 Å². The van der Waals surface area contributed by atoms with Crippen LogP contribution in [0.2, 0.25) is 0 Å². The topological polar surface area (TPSA) is 25.2 Å².